The number of aromatic nitrogens is 1. The highest BCUT2D eigenvalue weighted by Crippen LogP contribution is 2.52. The van der Waals surface area contributed by atoms with Gasteiger partial charge in [-0.15, -0.1) is 0 Å². The van der Waals surface area contributed by atoms with Crippen molar-refractivity contribution in [2.75, 3.05) is 6.54 Å². The van der Waals surface area contributed by atoms with E-state index in [0.29, 0.717) is 24.6 Å². The predicted octanol–water partition coefficient (Wildman–Crippen LogP) is 3.36. The summed E-state index contributed by atoms with van der Waals surface area (Å²) in [6.45, 7) is 4.59. The number of hydrogen-bond donors (Lipinski definition) is 2. The zero-order valence-corrected chi connectivity index (χ0v) is 13.1. The molecule has 1 heterocycles. The van der Waals surface area contributed by atoms with Crippen LogP contribution in [0.25, 0.3) is 0 Å². The maximum atomic E-state index is 13.1. The lowest BCUT2D eigenvalue weighted by molar-refractivity contribution is -0.121. The molecule has 21 heavy (non-hydrogen) atoms. The summed E-state index contributed by atoms with van der Waals surface area (Å²) >= 11 is 0. The molecule has 0 saturated heterocycles. The van der Waals surface area contributed by atoms with E-state index >= 15 is 0 Å². The molecule has 1 aliphatic carbocycles. The number of rotatable bonds is 5. The van der Waals surface area contributed by atoms with Crippen LogP contribution in [0.3, 0.4) is 0 Å². The van der Waals surface area contributed by atoms with Crippen LogP contribution in [0.1, 0.15) is 58.1 Å². The van der Waals surface area contributed by atoms with Crippen molar-refractivity contribution in [2.45, 2.75) is 58.0 Å². The molecule has 1 saturated carbocycles. The summed E-state index contributed by atoms with van der Waals surface area (Å²) in [6, 6.07) is 2.97. The molecule has 2 rings (SSSR count). The van der Waals surface area contributed by atoms with Gasteiger partial charge in [0.25, 0.3) is 0 Å². The average molecular weight is 294 g/mol. The lowest BCUT2D eigenvalue weighted by Crippen LogP contribution is -2.53. The van der Waals surface area contributed by atoms with Crippen LogP contribution in [0, 0.1) is 17.2 Å². The number of hydrogen-bond acceptors (Lipinski definition) is 3. The average Bonchev–Trinajstić information content (AvgIpc) is 2.54. The molecule has 1 aromatic heterocycles. The van der Waals surface area contributed by atoms with Crippen LogP contribution >= 0.6 is 0 Å². The van der Waals surface area contributed by atoms with E-state index in [0.717, 1.165) is 25.7 Å². The van der Waals surface area contributed by atoms with E-state index in [1.807, 2.05) is 6.92 Å². The first-order valence-corrected chi connectivity index (χ1v) is 8.06. The first-order valence-electron chi connectivity index (χ1n) is 8.06. The van der Waals surface area contributed by atoms with Crippen LogP contribution in [0.4, 0.5) is 4.39 Å². The van der Waals surface area contributed by atoms with E-state index in [2.05, 4.69) is 11.9 Å². The molecule has 118 valence electrons. The Kier molecular flexibility index (Phi) is 4.99. The molecule has 3 nitrogen and oxygen atoms in total. The molecule has 3 unspecified atom stereocenters. The third-order valence-electron chi connectivity index (χ3n) is 5.46. The maximum Gasteiger partial charge on any atom is 0.141 e. The van der Waals surface area contributed by atoms with Gasteiger partial charge < -0.3 is 10.8 Å². The molecule has 1 aliphatic rings. The van der Waals surface area contributed by atoms with Gasteiger partial charge in [0.05, 0.1) is 11.9 Å². The van der Waals surface area contributed by atoms with Crippen molar-refractivity contribution in [3.8, 4) is 0 Å². The van der Waals surface area contributed by atoms with E-state index in [1.54, 1.807) is 6.07 Å². The van der Waals surface area contributed by atoms with Crippen LogP contribution < -0.4 is 5.73 Å². The van der Waals surface area contributed by atoms with E-state index < -0.39 is 5.60 Å². The Morgan fingerprint density at radius 2 is 2.24 bits per heavy atom. The highest BCUT2D eigenvalue weighted by molar-refractivity contribution is 5.19. The van der Waals surface area contributed by atoms with Gasteiger partial charge in [0.15, 0.2) is 0 Å². The van der Waals surface area contributed by atoms with E-state index in [-0.39, 0.29) is 11.2 Å². The zero-order valence-electron chi connectivity index (χ0n) is 13.1. The number of nitrogens with zero attached hydrogens (tertiary/aromatic N) is 1. The number of pyridine rings is 1. The fraction of sp³-hybridized carbons (Fsp3) is 0.706. The Balaban J connectivity index is 2.42. The predicted molar refractivity (Wildman–Crippen MR) is 82.1 cm³/mol. The summed E-state index contributed by atoms with van der Waals surface area (Å²) in [7, 11) is 0. The minimum absolute atomic E-state index is 0.356. The van der Waals surface area contributed by atoms with Crippen LogP contribution in [-0.2, 0) is 5.60 Å². The summed E-state index contributed by atoms with van der Waals surface area (Å²) in [5.74, 6) is 0.218. The SMILES string of the molecule is CCC1CCCC(CN)(C(O)(CC)c2ccc(F)cn2)C1. The molecule has 0 aliphatic heterocycles. The third-order valence-corrected chi connectivity index (χ3v) is 5.46. The molecule has 3 atom stereocenters. The highest BCUT2D eigenvalue weighted by Gasteiger charge is 2.52. The van der Waals surface area contributed by atoms with Crippen molar-refractivity contribution in [3.63, 3.8) is 0 Å². The van der Waals surface area contributed by atoms with Gasteiger partial charge in [0.2, 0.25) is 0 Å². The summed E-state index contributed by atoms with van der Waals surface area (Å²) in [4.78, 5) is 4.16. The molecule has 4 heteroatoms. The monoisotopic (exact) mass is 294 g/mol. The Morgan fingerprint density at radius 3 is 2.76 bits per heavy atom. The molecule has 0 bridgehead atoms. The third kappa shape index (κ3) is 2.84. The van der Waals surface area contributed by atoms with Crippen molar-refractivity contribution >= 4 is 0 Å². The van der Waals surface area contributed by atoms with Crippen molar-refractivity contribution in [3.05, 3.63) is 29.8 Å². The Hall–Kier alpha value is -1.00. The van der Waals surface area contributed by atoms with Crippen LogP contribution in [0.5, 0.6) is 0 Å². The maximum absolute atomic E-state index is 13.1. The fourth-order valence-electron chi connectivity index (χ4n) is 4.01. The molecule has 0 spiro atoms. The van der Waals surface area contributed by atoms with Crippen LogP contribution in [0.15, 0.2) is 18.3 Å². The largest absolute Gasteiger partial charge is 0.383 e. The summed E-state index contributed by atoms with van der Waals surface area (Å²) in [5, 5.41) is 11.4. The van der Waals surface area contributed by atoms with E-state index in [1.165, 1.54) is 18.7 Å². The topological polar surface area (TPSA) is 59.1 Å². The molecule has 1 aromatic rings. The van der Waals surface area contributed by atoms with Crippen molar-refractivity contribution in [1.82, 2.24) is 4.98 Å². The second-order valence-corrected chi connectivity index (χ2v) is 6.43. The Labute approximate surface area is 126 Å². The smallest absolute Gasteiger partial charge is 0.141 e. The summed E-state index contributed by atoms with van der Waals surface area (Å²) < 4.78 is 13.1. The first-order chi connectivity index (χ1) is 10.0. The van der Waals surface area contributed by atoms with Gasteiger partial charge in [-0.25, -0.2) is 4.39 Å². The van der Waals surface area contributed by atoms with E-state index in [4.69, 9.17) is 5.73 Å². The fourth-order valence-corrected chi connectivity index (χ4v) is 4.01. The minimum Gasteiger partial charge on any atom is -0.383 e. The number of aliphatic hydroxyl groups is 1. The Morgan fingerprint density at radius 1 is 1.48 bits per heavy atom. The molecule has 3 N–H and O–H groups in total. The molecule has 0 radical (unpaired) electrons. The van der Waals surface area contributed by atoms with Gasteiger partial charge in [-0.3, -0.25) is 4.98 Å². The highest BCUT2D eigenvalue weighted by atomic mass is 19.1. The lowest BCUT2D eigenvalue weighted by atomic mass is 9.58. The standard InChI is InChI=1S/C17H27FN2O/c1-3-13-6-5-9-16(10-13,12-19)17(21,4-2)15-8-7-14(18)11-20-15/h7-8,11,13,21H,3-6,9-10,12,19H2,1-2H3. The van der Waals surface area contributed by atoms with Gasteiger partial charge in [0.1, 0.15) is 11.4 Å². The molecule has 0 aromatic carbocycles. The number of nitrogens with two attached hydrogens (primary N) is 1. The summed E-state index contributed by atoms with van der Waals surface area (Å²) in [6.07, 6.45) is 6.94. The van der Waals surface area contributed by atoms with Gasteiger partial charge in [0, 0.05) is 12.0 Å². The zero-order chi connectivity index (χ0) is 15.5. The minimum atomic E-state index is -1.08. The molecule has 1 fully saturated rings. The van der Waals surface area contributed by atoms with Crippen LogP contribution in [-0.4, -0.2) is 16.6 Å². The van der Waals surface area contributed by atoms with Crippen molar-refractivity contribution < 1.29 is 9.50 Å². The second kappa shape index (κ2) is 6.41. The Bertz CT molecular complexity index is 464. The van der Waals surface area contributed by atoms with Gasteiger partial charge in [-0.2, -0.15) is 0 Å². The van der Waals surface area contributed by atoms with Crippen LogP contribution in [0.2, 0.25) is 0 Å². The van der Waals surface area contributed by atoms with E-state index in [9.17, 15) is 9.50 Å². The second-order valence-electron chi connectivity index (χ2n) is 6.43. The first kappa shape index (κ1) is 16.4. The molecular weight excluding hydrogens is 267 g/mol. The molecular formula is C17H27FN2O. The van der Waals surface area contributed by atoms with Crippen molar-refractivity contribution in [2.24, 2.45) is 17.1 Å². The van der Waals surface area contributed by atoms with Crippen molar-refractivity contribution in [1.29, 1.82) is 0 Å². The quantitative estimate of drug-likeness (QED) is 0.875. The normalized spacial score (nSPS) is 29.1. The van der Waals surface area contributed by atoms with Gasteiger partial charge >= 0.3 is 0 Å². The molecule has 0 amide bonds. The van der Waals surface area contributed by atoms with Gasteiger partial charge in [-0.05, 0) is 37.3 Å². The summed E-state index contributed by atoms with van der Waals surface area (Å²) in [5.41, 5.74) is 5.24. The number of halogens is 1. The van der Waals surface area contributed by atoms with Gasteiger partial charge in [-0.1, -0.05) is 33.1 Å². The lowest BCUT2D eigenvalue weighted by Gasteiger charge is -2.50.